The number of piperazine rings is 1. The topological polar surface area (TPSA) is 9.72 Å². The highest BCUT2D eigenvalue weighted by atomic mass is 19.1. The van der Waals surface area contributed by atoms with Crippen molar-refractivity contribution in [2.75, 3.05) is 39.3 Å². The van der Waals surface area contributed by atoms with Crippen LogP contribution in [0.3, 0.4) is 0 Å². The Labute approximate surface area is 128 Å². The molecule has 0 radical (unpaired) electrons. The molecule has 0 N–H and O–H groups in total. The van der Waals surface area contributed by atoms with Crippen molar-refractivity contribution in [3.8, 4) is 0 Å². The maximum absolute atomic E-state index is 14.3. The number of alkyl halides is 2. The van der Waals surface area contributed by atoms with Crippen molar-refractivity contribution < 1.29 is 8.78 Å². The van der Waals surface area contributed by atoms with Gasteiger partial charge in [-0.2, -0.15) is 0 Å². The Balaban J connectivity index is 1.81. The molecule has 0 amide bonds. The standard InChI is InChI=1S/C16H31F2N3/c1-12(2)20-6-5-14(15(17)10-20)9-19-7-8-21(13(3)4)16(18)11-19/h12-16H,5-11H2,1-4H3. The molecule has 2 saturated heterocycles. The van der Waals surface area contributed by atoms with Crippen molar-refractivity contribution in [1.82, 2.24) is 14.7 Å². The van der Waals surface area contributed by atoms with Crippen molar-refractivity contribution in [3.63, 3.8) is 0 Å². The molecule has 0 aromatic carbocycles. The monoisotopic (exact) mass is 303 g/mol. The largest absolute Gasteiger partial charge is 0.298 e. The number of hydrogen-bond donors (Lipinski definition) is 0. The molecule has 3 nitrogen and oxygen atoms in total. The third-order valence-corrected chi connectivity index (χ3v) is 5.04. The van der Waals surface area contributed by atoms with Gasteiger partial charge in [-0.25, -0.2) is 8.78 Å². The maximum Gasteiger partial charge on any atom is 0.166 e. The summed E-state index contributed by atoms with van der Waals surface area (Å²) in [7, 11) is 0. The van der Waals surface area contributed by atoms with Crippen LogP contribution in [0, 0.1) is 5.92 Å². The molecule has 2 aliphatic heterocycles. The molecule has 21 heavy (non-hydrogen) atoms. The van der Waals surface area contributed by atoms with Gasteiger partial charge in [0.2, 0.25) is 0 Å². The first kappa shape index (κ1) is 17.1. The zero-order chi connectivity index (χ0) is 15.6. The van der Waals surface area contributed by atoms with Crippen LogP contribution in [-0.4, -0.2) is 78.5 Å². The summed E-state index contributed by atoms with van der Waals surface area (Å²) in [6.07, 6.45) is -0.796. The van der Waals surface area contributed by atoms with Crippen molar-refractivity contribution in [2.24, 2.45) is 5.92 Å². The second-order valence-electron chi connectivity index (χ2n) is 7.18. The van der Waals surface area contributed by atoms with E-state index in [9.17, 15) is 8.78 Å². The van der Waals surface area contributed by atoms with Gasteiger partial charge in [-0.05, 0) is 40.7 Å². The summed E-state index contributed by atoms with van der Waals surface area (Å²) in [5, 5.41) is 0. The quantitative estimate of drug-likeness (QED) is 0.738. The summed E-state index contributed by atoms with van der Waals surface area (Å²) >= 11 is 0. The molecule has 2 rings (SSSR count). The van der Waals surface area contributed by atoms with Gasteiger partial charge in [0.1, 0.15) is 6.17 Å². The average molecular weight is 303 g/mol. The summed E-state index contributed by atoms with van der Waals surface area (Å²) in [4.78, 5) is 6.21. The van der Waals surface area contributed by atoms with Crippen molar-refractivity contribution in [1.29, 1.82) is 0 Å². The second-order valence-corrected chi connectivity index (χ2v) is 7.18. The van der Waals surface area contributed by atoms with E-state index >= 15 is 0 Å². The number of nitrogens with zero attached hydrogens (tertiary/aromatic N) is 3. The molecule has 3 unspecified atom stereocenters. The van der Waals surface area contributed by atoms with E-state index < -0.39 is 12.5 Å². The average Bonchev–Trinajstić information content (AvgIpc) is 2.40. The minimum Gasteiger partial charge on any atom is -0.298 e. The van der Waals surface area contributed by atoms with Crippen LogP contribution in [0.25, 0.3) is 0 Å². The first-order valence-corrected chi connectivity index (χ1v) is 8.38. The van der Waals surface area contributed by atoms with E-state index in [-0.39, 0.29) is 12.0 Å². The van der Waals surface area contributed by atoms with Gasteiger partial charge >= 0.3 is 0 Å². The van der Waals surface area contributed by atoms with Crippen LogP contribution in [0.2, 0.25) is 0 Å². The number of hydrogen-bond acceptors (Lipinski definition) is 3. The van der Waals surface area contributed by atoms with Gasteiger partial charge in [-0.15, -0.1) is 0 Å². The summed E-state index contributed by atoms with van der Waals surface area (Å²) < 4.78 is 28.5. The van der Waals surface area contributed by atoms with Crippen LogP contribution in [0.4, 0.5) is 8.78 Å². The maximum atomic E-state index is 14.3. The predicted molar refractivity (Wildman–Crippen MR) is 82.9 cm³/mol. The Bertz CT molecular complexity index is 325. The van der Waals surface area contributed by atoms with Gasteiger partial charge in [0.05, 0.1) is 0 Å². The zero-order valence-electron chi connectivity index (χ0n) is 13.9. The Kier molecular flexibility index (Phi) is 5.97. The lowest BCUT2D eigenvalue weighted by Crippen LogP contribution is -2.56. The summed E-state index contributed by atoms with van der Waals surface area (Å²) in [6.45, 7) is 12.5. The van der Waals surface area contributed by atoms with Gasteiger partial charge in [-0.1, -0.05) is 0 Å². The van der Waals surface area contributed by atoms with Crippen LogP contribution in [-0.2, 0) is 0 Å². The molecule has 0 aliphatic carbocycles. The molecule has 2 heterocycles. The fourth-order valence-electron chi connectivity index (χ4n) is 3.54. The normalized spacial score (nSPS) is 34.0. The van der Waals surface area contributed by atoms with E-state index in [1.165, 1.54) is 0 Å². The second kappa shape index (κ2) is 7.34. The lowest BCUT2D eigenvalue weighted by atomic mass is 9.93. The molecule has 0 aromatic heterocycles. The van der Waals surface area contributed by atoms with Gasteiger partial charge in [0.25, 0.3) is 0 Å². The summed E-state index contributed by atoms with van der Waals surface area (Å²) in [5.74, 6) is 0.0674. The zero-order valence-corrected chi connectivity index (χ0v) is 13.9. The molecular weight excluding hydrogens is 272 g/mol. The van der Waals surface area contributed by atoms with E-state index in [1.54, 1.807) is 0 Å². The molecule has 124 valence electrons. The molecule has 3 atom stereocenters. The minimum absolute atomic E-state index is 0.0674. The van der Waals surface area contributed by atoms with Crippen LogP contribution in [0.5, 0.6) is 0 Å². The highest BCUT2D eigenvalue weighted by Gasteiger charge is 2.34. The van der Waals surface area contributed by atoms with E-state index in [0.29, 0.717) is 25.7 Å². The van der Waals surface area contributed by atoms with Crippen LogP contribution >= 0.6 is 0 Å². The molecule has 5 heteroatoms. The molecular formula is C16H31F2N3. The third kappa shape index (κ3) is 4.36. The fourth-order valence-corrected chi connectivity index (χ4v) is 3.54. The summed E-state index contributed by atoms with van der Waals surface area (Å²) in [6, 6.07) is 0.652. The van der Waals surface area contributed by atoms with Gasteiger partial charge in [0, 0.05) is 50.7 Å². The van der Waals surface area contributed by atoms with Crippen molar-refractivity contribution in [2.45, 2.75) is 58.7 Å². The van der Waals surface area contributed by atoms with Gasteiger partial charge < -0.3 is 0 Å². The number of rotatable bonds is 4. The van der Waals surface area contributed by atoms with Crippen LogP contribution < -0.4 is 0 Å². The first-order valence-electron chi connectivity index (χ1n) is 8.38. The summed E-state index contributed by atoms with van der Waals surface area (Å²) in [5.41, 5.74) is 0. The minimum atomic E-state index is -0.910. The number of halogens is 2. The Morgan fingerprint density at radius 1 is 0.952 bits per heavy atom. The van der Waals surface area contributed by atoms with E-state index in [1.807, 2.05) is 18.7 Å². The Morgan fingerprint density at radius 3 is 2.19 bits per heavy atom. The number of likely N-dealkylation sites (tertiary alicyclic amines) is 1. The highest BCUT2D eigenvalue weighted by molar-refractivity contribution is 4.86. The molecule has 2 fully saturated rings. The van der Waals surface area contributed by atoms with Crippen molar-refractivity contribution in [3.05, 3.63) is 0 Å². The van der Waals surface area contributed by atoms with Crippen molar-refractivity contribution >= 4 is 0 Å². The van der Waals surface area contributed by atoms with E-state index in [4.69, 9.17) is 0 Å². The van der Waals surface area contributed by atoms with E-state index in [0.717, 1.165) is 26.1 Å². The third-order valence-electron chi connectivity index (χ3n) is 5.04. The molecule has 0 aromatic rings. The number of piperidine rings is 1. The van der Waals surface area contributed by atoms with Crippen LogP contribution in [0.1, 0.15) is 34.1 Å². The fraction of sp³-hybridized carbons (Fsp3) is 1.00. The Hall–Kier alpha value is -0.260. The predicted octanol–water partition coefficient (Wildman–Crippen LogP) is 2.38. The first-order chi connectivity index (χ1) is 9.88. The molecule has 0 saturated carbocycles. The Morgan fingerprint density at radius 2 is 1.67 bits per heavy atom. The van der Waals surface area contributed by atoms with Gasteiger partial charge in [-0.3, -0.25) is 14.7 Å². The highest BCUT2D eigenvalue weighted by Crippen LogP contribution is 2.24. The molecule has 0 bridgehead atoms. The smallest absolute Gasteiger partial charge is 0.166 e. The molecule has 0 spiro atoms. The SMILES string of the molecule is CC(C)N1CCC(CN2CCN(C(C)C)C(F)C2)C(F)C1. The lowest BCUT2D eigenvalue weighted by molar-refractivity contribution is -0.0344. The van der Waals surface area contributed by atoms with Crippen LogP contribution in [0.15, 0.2) is 0 Å². The lowest BCUT2D eigenvalue weighted by Gasteiger charge is -2.43. The molecule has 2 aliphatic rings. The van der Waals surface area contributed by atoms with E-state index in [2.05, 4.69) is 23.6 Å². The van der Waals surface area contributed by atoms with Gasteiger partial charge in [0.15, 0.2) is 6.30 Å².